The summed E-state index contributed by atoms with van der Waals surface area (Å²) in [5.74, 6) is 5.64. The number of carboxylic acids is 1. The zero-order valence-corrected chi connectivity index (χ0v) is 13.3. The van der Waals surface area contributed by atoms with E-state index < -0.39 is 18.7 Å². The molecule has 6 heteroatoms. The first kappa shape index (κ1) is 17.8. The van der Waals surface area contributed by atoms with Gasteiger partial charge >= 0.3 is 5.97 Å². The summed E-state index contributed by atoms with van der Waals surface area (Å²) in [5, 5.41) is 31.3. The van der Waals surface area contributed by atoms with Crippen molar-refractivity contribution in [2.75, 3.05) is 13.2 Å². The van der Waals surface area contributed by atoms with Crippen molar-refractivity contribution >= 4 is 11.7 Å². The number of fused-ring (bicyclic) bond motifs is 1. The molecule has 6 nitrogen and oxygen atoms in total. The third-order valence-corrected chi connectivity index (χ3v) is 4.62. The number of oxime groups is 1. The molecule has 2 fully saturated rings. The molecule has 2 saturated carbocycles. The standard InChI is InChI=1S/C17H25NO5/c19-8-6-4-2-1-3-5-7-12-9-13-14(17(12)22)10-15(13)18-23-11-16(20)21/h12-14,17,19,22H,1-4,6,8-11H2,(H,20,21)/t12-,13?,14?,17?/m0/s1. The molecule has 2 aliphatic carbocycles. The molecular formula is C17H25NO5. The topological polar surface area (TPSA) is 99.4 Å². The Balaban J connectivity index is 1.72. The van der Waals surface area contributed by atoms with Crippen molar-refractivity contribution in [1.82, 2.24) is 0 Å². The number of aliphatic hydroxyl groups excluding tert-OH is 2. The van der Waals surface area contributed by atoms with Crippen molar-refractivity contribution < 1.29 is 25.0 Å². The third-order valence-electron chi connectivity index (χ3n) is 4.62. The molecule has 0 bridgehead atoms. The van der Waals surface area contributed by atoms with Gasteiger partial charge in [0.05, 0.1) is 11.8 Å². The van der Waals surface area contributed by atoms with Crippen LogP contribution in [0.15, 0.2) is 5.16 Å². The molecule has 0 aliphatic heterocycles. The molecule has 2 rings (SSSR count). The summed E-state index contributed by atoms with van der Waals surface area (Å²) < 4.78 is 0. The maximum Gasteiger partial charge on any atom is 0.344 e. The van der Waals surface area contributed by atoms with E-state index >= 15 is 0 Å². The number of hydrogen-bond acceptors (Lipinski definition) is 5. The van der Waals surface area contributed by atoms with E-state index in [1.54, 1.807) is 0 Å². The number of rotatable bonds is 8. The van der Waals surface area contributed by atoms with Gasteiger partial charge in [-0.2, -0.15) is 0 Å². The molecule has 0 heterocycles. The van der Waals surface area contributed by atoms with E-state index in [-0.39, 0.29) is 24.4 Å². The lowest BCUT2D eigenvalue weighted by Crippen LogP contribution is -2.38. The Morgan fingerprint density at radius 2 is 2.09 bits per heavy atom. The molecule has 0 spiro atoms. The van der Waals surface area contributed by atoms with Crippen LogP contribution < -0.4 is 0 Å². The Hall–Kier alpha value is -1.58. The summed E-state index contributed by atoms with van der Waals surface area (Å²) in [7, 11) is 0. The van der Waals surface area contributed by atoms with E-state index in [2.05, 4.69) is 17.0 Å². The Kier molecular flexibility index (Phi) is 6.87. The second-order valence-corrected chi connectivity index (χ2v) is 6.27. The van der Waals surface area contributed by atoms with Gasteiger partial charge in [-0.25, -0.2) is 4.79 Å². The van der Waals surface area contributed by atoms with E-state index in [0.717, 1.165) is 44.2 Å². The smallest absolute Gasteiger partial charge is 0.344 e. The van der Waals surface area contributed by atoms with Gasteiger partial charge in [0, 0.05) is 24.9 Å². The quantitative estimate of drug-likeness (QED) is 0.356. The second-order valence-electron chi connectivity index (χ2n) is 6.27. The molecule has 0 aromatic heterocycles. The summed E-state index contributed by atoms with van der Waals surface area (Å²) in [6.45, 7) is -0.175. The van der Waals surface area contributed by atoms with Crippen molar-refractivity contribution in [2.45, 2.75) is 51.0 Å². The highest BCUT2D eigenvalue weighted by Gasteiger charge is 2.51. The van der Waals surface area contributed by atoms with E-state index in [9.17, 15) is 9.90 Å². The van der Waals surface area contributed by atoms with Gasteiger partial charge in [0.15, 0.2) is 0 Å². The fourth-order valence-corrected chi connectivity index (χ4v) is 3.30. The Morgan fingerprint density at radius 1 is 1.30 bits per heavy atom. The van der Waals surface area contributed by atoms with Crippen LogP contribution in [0, 0.1) is 29.6 Å². The van der Waals surface area contributed by atoms with Gasteiger partial charge in [0.1, 0.15) is 0 Å². The number of hydrogen-bond donors (Lipinski definition) is 3. The first-order chi connectivity index (χ1) is 11.1. The number of aliphatic hydroxyl groups is 2. The first-order valence-corrected chi connectivity index (χ1v) is 8.31. The average molecular weight is 323 g/mol. The molecule has 2 aliphatic rings. The number of nitrogens with zero attached hydrogens (tertiary/aromatic N) is 1. The molecule has 4 atom stereocenters. The minimum absolute atomic E-state index is 0.0189. The normalized spacial score (nSPS) is 30.3. The lowest BCUT2D eigenvalue weighted by molar-refractivity contribution is -0.142. The number of aliphatic carboxylic acids is 1. The summed E-state index contributed by atoms with van der Waals surface area (Å²) in [4.78, 5) is 15.2. The van der Waals surface area contributed by atoms with Crippen LogP contribution in [0.4, 0.5) is 0 Å². The molecule has 3 N–H and O–H groups in total. The van der Waals surface area contributed by atoms with Gasteiger partial charge < -0.3 is 20.2 Å². The van der Waals surface area contributed by atoms with Gasteiger partial charge in [-0.3, -0.25) is 0 Å². The Bertz CT molecular complexity index is 493. The fraction of sp³-hybridized carbons (Fsp3) is 0.765. The lowest BCUT2D eigenvalue weighted by Gasteiger charge is -2.33. The summed E-state index contributed by atoms with van der Waals surface area (Å²) in [5.41, 5.74) is 0.851. The van der Waals surface area contributed by atoms with Crippen LogP contribution >= 0.6 is 0 Å². The van der Waals surface area contributed by atoms with Crippen molar-refractivity contribution in [3.63, 3.8) is 0 Å². The van der Waals surface area contributed by atoms with Crippen LogP contribution in [0.3, 0.4) is 0 Å². The minimum Gasteiger partial charge on any atom is -0.479 e. The van der Waals surface area contributed by atoms with E-state index in [4.69, 9.17) is 15.1 Å². The molecule has 23 heavy (non-hydrogen) atoms. The lowest BCUT2D eigenvalue weighted by atomic mass is 9.73. The Labute approximate surface area is 136 Å². The van der Waals surface area contributed by atoms with Crippen molar-refractivity contribution in [3.8, 4) is 11.8 Å². The fourth-order valence-electron chi connectivity index (χ4n) is 3.30. The monoisotopic (exact) mass is 323 g/mol. The molecule has 0 aromatic rings. The van der Waals surface area contributed by atoms with Crippen LogP contribution in [-0.4, -0.2) is 46.3 Å². The highest BCUT2D eigenvalue weighted by atomic mass is 16.6. The van der Waals surface area contributed by atoms with Gasteiger partial charge in [-0.15, -0.1) is 5.92 Å². The maximum absolute atomic E-state index is 10.4. The summed E-state index contributed by atoms with van der Waals surface area (Å²) in [6.07, 6.45) is 5.84. The van der Waals surface area contributed by atoms with Gasteiger partial charge in [0.2, 0.25) is 6.61 Å². The SMILES string of the molecule is O=C(O)CON=C1CC2C1C[C@H](C#CCCCCCCO)C2O. The van der Waals surface area contributed by atoms with E-state index in [1.807, 2.05) is 0 Å². The van der Waals surface area contributed by atoms with Gasteiger partial charge in [-0.05, 0) is 31.6 Å². The third kappa shape index (κ3) is 4.95. The second kappa shape index (κ2) is 8.90. The maximum atomic E-state index is 10.4. The molecule has 3 unspecified atom stereocenters. The highest BCUT2D eigenvalue weighted by molar-refractivity contribution is 5.93. The molecule has 128 valence electrons. The predicted octanol–water partition coefficient (Wildman–Crippen LogP) is 1.41. The predicted molar refractivity (Wildman–Crippen MR) is 84.7 cm³/mol. The summed E-state index contributed by atoms with van der Waals surface area (Å²) >= 11 is 0. The van der Waals surface area contributed by atoms with Crippen LogP contribution in [0.25, 0.3) is 0 Å². The molecule has 0 amide bonds. The average Bonchev–Trinajstić information content (AvgIpc) is 2.74. The zero-order chi connectivity index (χ0) is 16.7. The van der Waals surface area contributed by atoms with Crippen LogP contribution in [0.1, 0.15) is 44.9 Å². The minimum atomic E-state index is -1.04. The first-order valence-electron chi connectivity index (χ1n) is 8.31. The van der Waals surface area contributed by atoms with Crippen LogP contribution in [0.5, 0.6) is 0 Å². The zero-order valence-electron chi connectivity index (χ0n) is 13.3. The highest BCUT2D eigenvalue weighted by Crippen LogP contribution is 2.47. The van der Waals surface area contributed by atoms with Crippen LogP contribution in [-0.2, 0) is 9.63 Å². The number of unbranched alkanes of at least 4 members (excludes halogenated alkanes) is 4. The van der Waals surface area contributed by atoms with Gasteiger partial charge in [0.25, 0.3) is 0 Å². The summed E-state index contributed by atoms with van der Waals surface area (Å²) in [6, 6.07) is 0. The van der Waals surface area contributed by atoms with Gasteiger partial charge in [-0.1, -0.05) is 23.9 Å². The molecule has 0 radical (unpaired) electrons. The van der Waals surface area contributed by atoms with Crippen molar-refractivity contribution in [1.29, 1.82) is 0 Å². The van der Waals surface area contributed by atoms with E-state index in [1.165, 1.54) is 0 Å². The van der Waals surface area contributed by atoms with Crippen molar-refractivity contribution in [3.05, 3.63) is 0 Å². The molecule has 0 aromatic carbocycles. The van der Waals surface area contributed by atoms with Crippen molar-refractivity contribution in [2.24, 2.45) is 22.9 Å². The largest absolute Gasteiger partial charge is 0.479 e. The Morgan fingerprint density at radius 3 is 2.83 bits per heavy atom. The molecular weight excluding hydrogens is 298 g/mol. The molecule has 0 saturated heterocycles. The number of carboxylic acid groups (broad SMARTS) is 1. The van der Waals surface area contributed by atoms with Crippen LogP contribution in [0.2, 0.25) is 0 Å². The number of carbonyl (C=O) groups is 1. The van der Waals surface area contributed by atoms with E-state index in [0.29, 0.717) is 6.42 Å².